The quantitative estimate of drug-likeness (QED) is 0.471. The number of carbonyl (C=O) groups excluding carboxylic acids is 2. The molecule has 3 atom stereocenters. The van der Waals surface area contributed by atoms with Crippen molar-refractivity contribution in [2.45, 2.75) is 19.8 Å². The van der Waals surface area contributed by atoms with Crippen LogP contribution >= 0.6 is 0 Å². The van der Waals surface area contributed by atoms with Crippen molar-refractivity contribution in [2.75, 3.05) is 0 Å². The highest BCUT2D eigenvalue weighted by Gasteiger charge is 2.34. The van der Waals surface area contributed by atoms with E-state index in [1.165, 1.54) is 0 Å². The van der Waals surface area contributed by atoms with E-state index in [9.17, 15) is 9.59 Å². The monoisotopic (exact) mass is 166 g/mol. The molecular weight excluding hydrogens is 152 g/mol. The Bertz CT molecular complexity index is 208. The summed E-state index contributed by atoms with van der Waals surface area (Å²) in [5.41, 5.74) is 0.581. The van der Waals surface area contributed by atoms with Gasteiger partial charge in [-0.15, -0.1) is 0 Å². The van der Waals surface area contributed by atoms with Crippen molar-refractivity contribution in [3.8, 4) is 0 Å². The number of hydrogen-bond donors (Lipinski definition) is 0. The first-order chi connectivity index (χ1) is 5.70. The zero-order valence-corrected chi connectivity index (χ0v) is 7.32. The van der Waals surface area contributed by atoms with E-state index in [-0.39, 0.29) is 11.8 Å². The summed E-state index contributed by atoms with van der Waals surface area (Å²) in [7, 11) is 0. The summed E-state index contributed by atoms with van der Waals surface area (Å²) >= 11 is 0. The molecule has 0 aromatic heterocycles. The van der Waals surface area contributed by atoms with Gasteiger partial charge in [0.15, 0.2) is 0 Å². The molecule has 1 rings (SSSR count). The molecule has 0 saturated heterocycles. The Morgan fingerprint density at radius 2 is 2.08 bits per heavy atom. The van der Waals surface area contributed by atoms with Gasteiger partial charge in [-0.1, -0.05) is 13.5 Å². The topological polar surface area (TPSA) is 34.1 Å². The van der Waals surface area contributed by atoms with Crippen LogP contribution in [0.4, 0.5) is 0 Å². The molecule has 1 aliphatic rings. The van der Waals surface area contributed by atoms with E-state index >= 15 is 0 Å². The smallest absolute Gasteiger partial charge is 0.145 e. The van der Waals surface area contributed by atoms with E-state index < -0.39 is 0 Å². The lowest BCUT2D eigenvalue weighted by atomic mass is 9.86. The van der Waals surface area contributed by atoms with Crippen molar-refractivity contribution in [3.05, 3.63) is 12.2 Å². The van der Waals surface area contributed by atoms with Crippen molar-refractivity contribution in [1.82, 2.24) is 0 Å². The number of allylic oxidation sites excluding steroid dienone is 1. The molecule has 2 nitrogen and oxygen atoms in total. The van der Waals surface area contributed by atoms with Crippen LogP contribution in [0.1, 0.15) is 19.8 Å². The number of hydrogen-bond acceptors (Lipinski definition) is 2. The van der Waals surface area contributed by atoms with Crippen molar-refractivity contribution in [3.63, 3.8) is 0 Å². The molecule has 1 fully saturated rings. The summed E-state index contributed by atoms with van der Waals surface area (Å²) in [5.74, 6) is 0.551. The molecule has 2 heteroatoms. The van der Waals surface area contributed by atoms with Gasteiger partial charge in [-0.2, -0.15) is 0 Å². The van der Waals surface area contributed by atoms with Gasteiger partial charge in [-0.05, 0) is 30.3 Å². The summed E-state index contributed by atoms with van der Waals surface area (Å²) in [6.07, 6.45) is 3.68. The van der Waals surface area contributed by atoms with Crippen molar-refractivity contribution in [2.24, 2.45) is 17.8 Å². The molecule has 1 aliphatic carbocycles. The first-order valence-corrected chi connectivity index (χ1v) is 4.30. The van der Waals surface area contributed by atoms with Crippen molar-refractivity contribution >= 4 is 12.6 Å². The van der Waals surface area contributed by atoms with Gasteiger partial charge < -0.3 is 4.79 Å². The van der Waals surface area contributed by atoms with Gasteiger partial charge in [0.2, 0.25) is 0 Å². The lowest BCUT2D eigenvalue weighted by Crippen LogP contribution is -2.17. The number of carbonyl (C=O) groups is 2. The first kappa shape index (κ1) is 9.17. The Labute approximate surface area is 72.7 Å². The van der Waals surface area contributed by atoms with Crippen LogP contribution in [0.2, 0.25) is 0 Å². The fourth-order valence-corrected chi connectivity index (χ4v) is 2.11. The fourth-order valence-electron chi connectivity index (χ4n) is 2.11. The van der Waals surface area contributed by atoms with Gasteiger partial charge in [0.05, 0.1) is 0 Å². The van der Waals surface area contributed by atoms with Crippen LogP contribution in [0.25, 0.3) is 0 Å². The highest BCUT2D eigenvalue weighted by Crippen LogP contribution is 2.38. The summed E-state index contributed by atoms with van der Waals surface area (Å²) < 4.78 is 0. The van der Waals surface area contributed by atoms with Gasteiger partial charge in [-0.3, -0.25) is 4.79 Å². The standard InChI is InChI=1S/C10H14O2/c1-7-3-4-9(6-12)10(7)8(2)5-11/h5-7,9-10H,2-4H2,1H3/t7-,9+,10+/m0/s1. The fraction of sp³-hybridized carbons (Fsp3) is 0.600. The molecule has 0 N–H and O–H groups in total. The molecule has 0 aromatic carbocycles. The average Bonchev–Trinajstić information content (AvgIpc) is 2.45. The lowest BCUT2D eigenvalue weighted by molar-refractivity contribution is -0.112. The third kappa shape index (κ3) is 1.47. The van der Waals surface area contributed by atoms with E-state index in [4.69, 9.17) is 0 Å². The molecule has 0 amide bonds. The minimum atomic E-state index is 0.0256. The van der Waals surface area contributed by atoms with Gasteiger partial charge in [0.1, 0.15) is 12.6 Å². The summed E-state index contributed by atoms with van der Waals surface area (Å²) in [5, 5.41) is 0. The molecule has 66 valence electrons. The Balaban J connectivity index is 2.76. The normalized spacial score (nSPS) is 34.6. The van der Waals surface area contributed by atoms with E-state index in [0.717, 1.165) is 25.4 Å². The average molecular weight is 166 g/mol. The largest absolute Gasteiger partial charge is 0.303 e. The number of rotatable bonds is 3. The van der Waals surface area contributed by atoms with Crippen LogP contribution in [0.15, 0.2) is 12.2 Å². The zero-order chi connectivity index (χ0) is 9.14. The van der Waals surface area contributed by atoms with Crippen LogP contribution in [0.3, 0.4) is 0 Å². The summed E-state index contributed by atoms with van der Waals surface area (Å²) in [4.78, 5) is 21.1. The van der Waals surface area contributed by atoms with Gasteiger partial charge in [0.25, 0.3) is 0 Å². The van der Waals surface area contributed by atoms with Gasteiger partial charge in [-0.25, -0.2) is 0 Å². The molecular formula is C10H14O2. The SMILES string of the molecule is C=C(C=O)[C@H]1[C@@H](C)CC[C@@H]1C=O. The molecule has 0 radical (unpaired) electrons. The van der Waals surface area contributed by atoms with Crippen LogP contribution in [0.5, 0.6) is 0 Å². The second kappa shape index (κ2) is 3.65. The van der Waals surface area contributed by atoms with Crippen LogP contribution < -0.4 is 0 Å². The van der Waals surface area contributed by atoms with Crippen molar-refractivity contribution < 1.29 is 9.59 Å². The minimum Gasteiger partial charge on any atom is -0.303 e. The van der Waals surface area contributed by atoms with E-state index in [0.29, 0.717) is 11.5 Å². The third-order valence-corrected chi connectivity index (χ3v) is 2.78. The number of aldehydes is 2. The zero-order valence-electron chi connectivity index (χ0n) is 7.32. The van der Waals surface area contributed by atoms with Crippen LogP contribution in [-0.2, 0) is 9.59 Å². The Hall–Kier alpha value is -0.920. The molecule has 0 aromatic rings. The molecule has 0 bridgehead atoms. The predicted molar refractivity (Wildman–Crippen MR) is 46.6 cm³/mol. The third-order valence-electron chi connectivity index (χ3n) is 2.78. The Kier molecular flexibility index (Phi) is 2.79. The molecule has 0 heterocycles. The second-order valence-corrected chi connectivity index (χ2v) is 3.57. The molecule has 0 aliphatic heterocycles. The van der Waals surface area contributed by atoms with E-state index in [1.807, 2.05) is 0 Å². The van der Waals surface area contributed by atoms with Crippen molar-refractivity contribution in [1.29, 1.82) is 0 Å². The molecule has 0 spiro atoms. The maximum atomic E-state index is 10.6. The summed E-state index contributed by atoms with van der Waals surface area (Å²) in [6, 6.07) is 0. The van der Waals surface area contributed by atoms with E-state index in [1.54, 1.807) is 0 Å². The van der Waals surface area contributed by atoms with Crippen LogP contribution in [0, 0.1) is 17.8 Å². The maximum absolute atomic E-state index is 10.6. The van der Waals surface area contributed by atoms with Gasteiger partial charge in [0, 0.05) is 5.92 Å². The first-order valence-electron chi connectivity index (χ1n) is 4.30. The predicted octanol–water partition coefficient (Wildman–Crippen LogP) is 1.60. The Morgan fingerprint density at radius 1 is 1.42 bits per heavy atom. The lowest BCUT2D eigenvalue weighted by Gasteiger charge is -2.17. The summed E-state index contributed by atoms with van der Waals surface area (Å²) in [6.45, 7) is 5.75. The second-order valence-electron chi connectivity index (χ2n) is 3.57. The van der Waals surface area contributed by atoms with Crippen LogP contribution in [-0.4, -0.2) is 12.6 Å². The van der Waals surface area contributed by atoms with E-state index in [2.05, 4.69) is 13.5 Å². The minimum absolute atomic E-state index is 0.0256. The molecule has 1 saturated carbocycles. The highest BCUT2D eigenvalue weighted by atomic mass is 16.1. The maximum Gasteiger partial charge on any atom is 0.145 e. The molecule has 12 heavy (non-hydrogen) atoms. The molecule has 0 unspecified atom stereocenters. The Morgan fingerprint density at radius 3 is 2.58 bits per heavy atom. The van der Waals surface area contributed by atoms with Gasteiger partial charge >= 0.3 is 0 Å². The highest BCUT2D eigenvalue weighted by molar-refractivity contribution is 5.75.